The minimum absolute atomic E-state index is 0.0207. The Kier molecular flexibility index (Phi) is 3.75. The van der Waals surface area contributed by atoms with Crippen LogP contribution in [0.3, 0.4) is 0 Å². The summed E-state index contributed by atoms with van der Waals surface area (Å²) in [6, 6.07) is 6.02. The molecule has 0 spiro atoms. The van der Waals surface area contributed by atoms with Crippen LogP contribution in [0.4, 0.5) is 5.69 Å². The maximum Gasteiger partial charge on any atom is 0.271 e. The number of ether oxygens (including phenoxy) is 1. The lowest BCUT2D eigenvalue weighted by Gasteiger charge is -2.24. The lowest BCUT2D eigenvalue weighted by molar-refractivity contribution is -0.384. The molecule has 6 nitrogen and oxygen atoms in total. The molecule has 0 saturated carbocycles. The first-order valence-electron chi connectivity index (χ1n) is 5.76. The molecule has 0 aliphatic carbocycles. The van der Waals surface area contributed by atoms with Crippen molar-refractivity contribution in [3.8, 4) is 11.8 Å². The van der Waals surface area contributed by atoms with Crippen LogP contribution >= 0.6 is 0 Å². The highest BCUT2D eigenvalue weighted by atomic mass is 16.6. The Labute approximate surface area is 104 Å². The molecule has 94 valence electrons. The molecule has 1 aromatic carbocycles. The summed E-state index contributed by atoms with van der Waals surface area (Å²) in [7, 11) is 0. The highest BCUT2D eigenvalue weighted by Crippen LogP contribution is 2.25. The van der Waals surface area contributed by atoms with Gasteiger partial charge >= 0.3 is 0 Å². The predicted molar refractivity (Wildman–Crippen MR) is 64.3 cm³/mol. The van der Waals surface area contributed by atoms with E-state index >= 15 is 0 Å². The summed E-state index contributed by atoms with van der Waals surface area (Å²) in [5.41, 5.74) is 0.107. The van der Waals surface area contributed by atoms with Crippen molar-refractivity contribution in [3.63, 3.8) is 0 Å². The zero-order valence-electron chi connectivity index (χ0n) is 9.76. The number of rotatable bonds is 3. The van der Waals surface area contributed by atoms with Gasteiger partial charge in [0.2, 0.25) is 0 Å². The Hall–Kier alpha value is -2.13. The molecular weight excluding hydrogens is 234 g/mol. The molecule has 1 aromatic rings. The second-order valence-electron chi connectivity index (χ2n) is 4.14. The fourth-order valence-electron chi connectivity index (χ4n) is 1.92. The summed E-state index contributed by atoms with van der Waals surface area (Å²) in [6.07, 6.45) is 1.97. The molecule has 0 bridgehead atoms. The lowest BCUT2D eigenvalue weighted by Crippen LogP contribution is -2.37. The van der Waals surface area contributed by atoms with Gasteiger partial charge in [0.15, 0.2) is 0 Å². The quantitative estimate of drug-likeness (QED) is 0.647. The van der Waals surface area contributed by atoms with Crippen molar-refractivity contribution < 1.29 is 9.66 Å². The number of piperidine rings is 1. The van der Waals surface area contributed by atoms with Gasteiger partial charge in [-0.1, -0.05) is 0 Å². The van der Waals surface area contributed by atoms with Gasteiger partial charge in [-0.25, -0.2) is 0 Å². The van der Waals surface area contributed by atoms with Crippen LogP contribution in [0.2, 0.25) is 0 Å². The van der Waals surface area contributed by atoms with Gasteiger partial charge in [0.1, 0.15) is 23.5 Å². The van der Waals surface area contributed by atoms with Crippen molar-refractivity contribution in [2.75, 3.05) is 13.1 Å². The first-order chi connectivity index (χ1) is 8.70. The SMILES string of the molecule is N#Cc1cc([N+](=O)[O-])ccc1OC1CCCNC1. The number of hydrogen-bond donors (Lipinski definition) is 1. The summed E-state index contributed by atoms with van der Waals surface area (Å²) in [5.74, 6) is 0.414. The van der Waals surface area contributed by atoms with Gasteiger partial charge < -0.3 is 10.1 Å². The summed E-state index contributed by atoms with van der Waals surface area (Å²) < 4.78 is 5.70. The number of non-ortho nitro benzene ring substituents is 1. The number of nitrogens with one attached hydrogen (secondary N) is 1. The molecule has 1 N–H and O–H groups in total. The molecule has 1 heterocycles. The molecule has 6 heteroatoms. The Morgan fingerprint density at radius 1 is 1.56 bits per heavy atom. The average Bonchev–Trinajstić information content (AvgIpc) is 2.40. The highest BCUT2D eigenvalue weighted by Gasteiger charge is 2.18. The second-order valence-corrected chi connectivity index (χ2v) is 4.14. The number of nitriles is 1. The third-order valence-corrected chi connectivity index (χ3v) is 2.84. The highest BCUT2D eigenvalue weighted by molar-refractivity contribution is 5.50. The normalized spacial score (nSPS) is 18.9. The van der Waals surface area contributed by atoms with Crippen molar-refractivity contribution >= 4 is 5.69 Å². The maximum absolute atomic E-state index is 10.6. The molecule has 0 aromatic heterocycles. The van der Waals surface area contributed by atoms with Crippen LogP contribution in [0, 0.1) is 21.4 Å². The van der Waals surface area contributed by atoms with E-state index < -0.39 is 4.92 Å². The van der Waals surface area contributed by atoms with E-state index in [2.05, 4.69) is 5.32 Å². The average molecular weight is 247 g/mol. The van der Waals surface area contributed by atoms with E-state index in [0.717, 1.165) is 25.9 Å². The lowest BCUT2D eigenvalue weighted by atomic mass is 10.1. The monoisotopic (exact) mass is 247 g/mol. The van der Waals surface area contributed by atoms with E-state index in [4.69, 9.17) is 10.00 Å². The summed E-state index contributed by atoms with van der Waals surface area (Å²) >= 11 is 0. The third-order valence-electron chi connectivity index (χ3n) is 2.84. The zero-order valence-corrected chi connectivity index (χ0v) is 9.76. The number of hydrogen-bond acceptors (Lipinski definition) is 5. The smallest absolute Gasteiger partial charge is 0.271 e. The molecule has 0 radical (unpaired) electrons. The number of nitrogens with zero attached hydrogens (tertiary/aromatic N) is 2. The van der Waals surface area contributed by atoms with E-state index in [1.54, 1.807) is 0 Å². The Morgan fingerprint density at radius 3 is 3.00 bits per heavy atom. The van der Waals surface area contributed by atoms with Gasteiger partial charge in [0, 0.05) is 18.7 Å². The zero-order chi connectivity index (χ0) is 13.0. The Balaban J connectivity index is 2.17. The largest absolute Gasteiger partial charge is 0.488 e. The van der Waals surface area contributed by atoms with Gasteiger partial charge in [-0.3, -0.25) is 10.1 Å². The van der Waals surface area contributed by atoms with Crippen molar-refractivity contribution in [1.29, 1.82) is 5.26 Å². The van der Waals surface area contributed by atoms with Crippen LogP contribution in [-0.2, 0) is 0 Å². The molecule has 1 unspecified atom stereocenters. The first-order valence-corrected chi connectivity index (χ1v) is 5.76. The van der Waals surface area contributed by atoms with Crippen LogP contribution in [0.5, 0.6) is 5.75 Å². The van der Waals surface area contributed by atoms with Gasteiger partial charge in [-0.2, -0.15) is 5.26 Å². The summed E-state index contributed by atoms with van der Waals surface area (Å²) in [6.45, 7) is 1.72. The minimum Gasteiger partial charge on any atom is -0.488 e. The van der Waals surface area contributed by atoms with E-state index in [0.29, 0.717) is 5.75 Å². The molecular formula is C12H13N3O3. The van der Waals surface area contributed by atoms with Gasteiger partial charge in [0.25, 0.3) is 5.69 Å². The second kappa shape index (κ2) is 5.47. The molecule has 1 aliphatic rings. The fourth-order valence-corrected chi connectivity index (χ4v) is 1.92. The van der Waals surface area contributed by atoms with Crippen molar-refractivity contribution in [2.24, 2.45) is 0 Å². The number of benzene rings is 1. The van der Waals surface area contributed by atoms with Gasteiger partial charge in [0.05, 0.1) is 4.92 Å². The van der Waals surface area contributed by atoms with Gasteiger partial charge in [-0.15, -0.1) is 0 Å². The van der Waals surface area contributed by atoms with Crippen molar-refractivity contribution in [3.05, 3.63) is 33.9 Å². The molecule has 1 saturated heterocycles. The maximum atomic E-state index is 10.6. The van der Waals surface area contributed by atoms with Crippen molar-refractivity contribution in [1.82, 2.24) is 5.32 Å². The molecule has 0 amide bonds. The standard InChI is InChI=1S/C12H13N3O3/c13-7-9-6-10(15(16)17)3-4-12(9)18-11-2-1-5-14-8-11/h3-4,6,11,14H,1-2,5,8H2. The van der Waals surface area contributed by atoms with Crippen LogP contribution in [0.25, 0.3) is 0 Å². The van der Waals surface area contributed by atoms with Crippen LogP contribution in [0.15, 0.2) is 18.2 Å². The minimum atomic E-state index is -0.521. The first kappa shape index (κ1) is 12.3. The van der Waals surface area contributed by atoms with Gasteiger partial charge in [-0.05, 0) is 25.5 Å². The fraction of sp³-hybridized carbons (Fsp3) is 0.417. The molecule has 18 heavy (non-hydrogen) atoms. The summed E-state index contributed by atoms with van der Waals surface area (Å²) in [5, 5.41) is 22.8. The van der Waals surface area contributed by atoms with E-state index in [9.17, 15) is 10.1 Å². The van der Waals surface area contributed by atoms with E-state index in [1.165, 1.54) is 18.2 Å². The van der Waals surface area contributed by atoms with E-state index in [1.807, 2.05) is 6.07 Å². The van der Waals surface area contributed by atoms with Crippen LogP contribution in [-0.4, -0.2) is 24.1 Å². The Morgan fingerprint density at radius 2 is 2.39 bits per heavy atom. The predicted octanol–water partition coefficient (Wildman–Crippen LogP) is 1.60. The number of nitro groups is 1. The summed E-state index contributed by atoms with van der Waals surface area (Å²) in [4.78, 5) is 10.1. The molecule has 2 rings (SSSR count). The molecule has 1 aliphatic heterocycles. The van der Waals surface area contributed by atoms with Crippen LogP contribution in [0.1, 0.15) is 18.4 Å². The molecule has 1 atom stereocenters. The van der Waals surface area contributed by atoms with Crippen molar-refractivity contribution in [2.45, 2.75) is 18.9 Å². The molecule has 1 fully saturated rings. The van der Waals surface area contributed by atoms with E-state index in [-0.39, 0.29) is 17.4 Å². The number of nitro benzene ring substituents is 1. The van der Waals surface area contributed by atoms with Crippen LogP contribution < -0.4 is 10.1 Å². The Bertz CT molecular complexity index is 490. The third kappa shape index (κ3) is 2.76. The topological polar surface area (TPSA) is 88.2 Å².